The van der Waals surface area contributed by atoms with Gasteiger partial charge >= 0.3 is 0 Å². The third kappa shape index (κ3) is 2.76. The number of aliphatic hydroxyl groups excluding tert-OH is 1. The van der Waals surface area contributed by atoms with Crippen LogP contribution in [0.3, 0.4) is 0 Å². The lowest BCUT2D eigenvalue weighted by Gasteiger charge is -2.17. The predicted octanol–water partition coefficient (Wildman–Crippen LogP) is 0.671. The zero-order valence-electron chi connectivity index (χ0n) is 9.26. The molecule has 17 heavy (non-hydrogen) atoms. The highest BCUT2D eigenvalue weighted by Crippen LogP contribution is 2.24. The molecule has 1 aromatic carbocycles. The fourth-order valence-corrected chi connectivity index (χ4v) is 3.48. The second-order valence-electron chi connectivity index (χ2n) is 4.21. The molecule has 1 N–H and O–H groups in total. The van der Waals surface area contributed by atoms with Gasteiger partial charge in [-0.15, -0.1) is 0 Å². The number of aryl methyl sites for hydroxylation is 1. The molecule has 4 nitrogen and oxygen atoms in total. The summed E-state index contributed by atoms with van der Waals surface area (Å²) in [5, 5.41) is 9.55. The van der Waals surface area contributed by atoms with Gasteiger partial charge in [-0.25, -0.2) is 12.8 Å². The third-order valence-electron chi connectivity index (χ3n) is 2.69. The number of hydrogen-bond donors (Lipinski definition) is 1. The molecule has 1 heterocycles. The molecule has 94 valence electrons. The maximum Gasteiger partial charge on any atom is 0.156 e. The van der Waals surface area contributed by atoms with Crippen LogP contribution in [0.2, 0.25) is 0 Å². The lowest BCUT2D eigenvalue weighted by atomic mass is 10.2. The Kier molecular flexibility index (Phi) is 3.09. The second-order valence-corrected chi connectivity index (χ2v) is 6.36. The summed E-state index contributed by atoms with van der Waals surface area (Å²) in [6.07, 6.45) is -1.80. The highest BCUT2D eigenvalue weighted by molar-refractivity contribution is 7.91. The number of sulfone groups is 1. The van der Waals surface area contributed by atoms with Gasteiger partial charge in [-0.3, -0.25) is 0 Å². The Morgan fingerprint density at radius 1 is 1.41 bits per heavy atom. The summed E-state index contributed by atoms with van der Waals surface area (Å²) in [6, 6.07) is 3.96. The van der Waals surface area contributed by atoms with E-state index in [-0.39, 0.29) is 17.3 Å². The van der Waals surface area contributed by atoms with Crippen LogP contribution in [0.1, 0.15) is 5.56 Å². The molecule has 2 unspecified atom stereocenters. The van der Waals surface area contributed by atoms with Gasteiger partial charge in [0.25, 0.3) is 0 Å². The molecule has 2 atom stereocenters. The van der Waals surface area contributed by atoms with E-state index in [1.165, 1.54) is 18.2 Å². The second kappa shape index (κ2) is 4.27. The van der Waals surface area contributed by atoms with Crippen molar-refractivity contribution in [1.82, 2.24) is 0 Å². The molecule has 0 amide bonds. The van der Waals surface area contributed by atoms with Crippen LogP contribution < -0.4 is 4.74 Å². The largest absolute Gasteiger partial charge is 0.486 e. The lowest BCUT2D eigenvalue weighted by molar-refractivity contribution is 0.0733. The van der Waals surface area contributed by atoms with E-state index in [9.17, 15) is 17.9 Å². The number of hydrogen-bond acceptors (Lipinski definition) is 4. The molecule has 0 spiro atoms. The van der Waals surface area contributed by atoms with Crippen LogP contribution in [0.25, 0.3) is 0 Å². The standard InChI is InChI=1S/C11H13FO4S/c1-7-4-8(12)2-3-10(7)16-11-6-17(14,15)5-9(11)13/h2-4,9,11,13H,5-6H2,1H3. The third-order valence-corrected chi connectivity index (χ3v) is 4.37. The summed E-state index contributed by atoms with van der Waals surface area (Å²) >= 11 is 0. The number of rotatable bonds is 2. The molecule has 0 radical (unpaired) electrons. The topological polar surface area (TPSA) is 63.6 Å². The number of benzene rings is 1. The van der Waals surface area contributed by atoms with Crippen LogP contribution in [0.5, 0.6) is 5.75 Å². The number of halogens is 1. The van der Waals surface area contributed by atoms with E-state index >= 15 is 0 Å². The van der Waals surface area contributed by atoms with Gasteiger partial charge in [0.2, 0.25) is 0 Å². The van der Waals surface area contributed by atoms with Gasteiger partial charge < -0.3 is 9.84 Å². The first-order valence-corrected chi connectivity index (χ1v) is 7.01. The molecule has 1 fully saturated rings. The van der Waals surface area contributed by atoms with Gasteiger partial charge in [-0.05, 0) is 30.7 Å². The Hall–Kier alpha value is -1.14. The van der Waals surface area contributed by atoms with E-state index in [0.29, 0.717) is 11.3 Å². The van der Waals surface area contributed by atoms with Crippen LogP contribution in [0.4, 0.5) is 4.39 Å². The summed E-state index contributed by atoms with van der Waals surface area (Å²) < 4.78 is 40.8. The fourth-order valence-electron chi connectivity index (χ4n) is 1.82. The normalized spacial score (nSPS) is 27.0. The molecule has 1 aliphatic rings. The lowest BCUT2D eigenvalue weighted by Crippen LogP contribution is -2.30. The maximum atomic E-state index is 12.9. The van der Waals surface area contributed by atoms with Crippen LogP contribution in [0.15, 0.2) is 18.2 Å². The first kappa shape index (κ1) is 12.3. The number of ether oxygens (including phenoxy) is 1. The van der Waals surface area contributed by atoms with E-state index in [2.05, 4.69) is 0 Å². The van der Waals surface area contributed by atoms with Gasteiger partial charge in [0.1, 0.15) is 23.8 Å². The van der Waals surface area contributed by atoms with Crippen molar-refractivity contribution in [3.8, 4) is 5.75 Å². The molecule has 1 aliphatic heterocycles. The molecule has 0 aromatic heterocycles. The van der Waals surface area contributed by atoms with Crippen molar-refractivity contribution in [2.75, 3.05) is 11.5 Å². The van der Waals surface area contributed by atoms with Crippen molar-refractivity contribution in [3.63, 3.8) is 0 Å². The van der Waals surface area contributed by atoms with Crippen LogP contribution in [-0.4, -0.2) is 37.2 Å². The minimum absolute atomic E-state index is 0.203. The van der Waals surface area contributed by atoms with Gasteiger partial charge in [0.15, 0.2) is 9.84 Å². The maximum absolute atomic E-state index is 12.9. The Bertz CT molecular complexity index is 526. The summed E-state index contributed by atoms with van der Waals surface area (Å²) in [6.45, 7) is 1.66. The van der Waals surface area contributed by atoms with E-state index < -0.39 is 22.0 Å². The zero-order valence-corrected chi connectivity index (χ0v) is 10.1. The quantitative estimate of drug-likeness (QED) is 0.849. The minimum atomic E-state index is -3.23. The first-order valence-electron chi connectivity index (χ1n) is 5.19. The smallest absolute Gasteiger partial charge is 0.156 e. The first-order chi connectivity index (χ1) is 7.87. The van der Waals surface area contributed by atoms with Crippen molar-refractivity contribution in [2.45, 2.75) is 19.1 Å². The fraction of sp³-hybridized carbons (Fsp3) is 0.455. The van der Waals surface area contributed by atoms with Gasteiger partial charge in [0, 0.05) is 0 Å². The Balaban J connectivity index is 2.17. The van der Waals surface area contributed by atoms with Gasteiger partial charge in [-0.1, -0.05) is 0 Å². The molecule has 0 saturated carbocycles. The molecule has 2 rings (SSSR count). The summed E-state index contributed by atoms with van der Waals surface area (Å²) in [5.41, 5.74) is 0.571. The van der Waals surface area contributed by atoms with Gasteiger partial charge in [0.05, 0.1) is 11.5 Å². The van der Waals surface area contributed by atoms with Gasteiger partial charge in [-0.2, -0.15) is 0 Å². The number of aliphatic hydroxyl groups is 1. The molecule has 0 aliphatic carbocycles. The average molecular weight is 260 g/mol. The Morgan fingerprint density at radius 2 is 2.12 bits per heavy atom. The Labute approximate surface area is 98.9 Å². The highest BCUT2D eigenvalue weighted by atomic mass is 32.2. The van der Waals surface area contributed by atoms with E-state index in [0.717, 1.165) is 0 Å². The van der Waals surface area contributed by atoms with E-state index in [4.69, 9.17) is 4.74 Å². The molecular weight excluding hydrogens is 247 g/mol. The van der Waals surface area contributed by atoms with Crippen molar-refractivity contribution < 1.29 is 22.7 Å². The Morgan fingerprint density at radius 3 is 2.65 bits per heavy atom. The zero-order chi connectivity index (χ0) is 12.6. The van der Waals surface area contributed by atoms with E-state index in [1.807, 2.05) is 0 Å². The average Bonchev–Trinajstić information content (AvgIpc) is 2.44. The van der Waals surface area contributed by atoms with E-state index in [1.54, 1.807) is 6.92 Å². The van der Waals surface area contributed by atoms with Crippen molar-refractivity contribution in [3.05, 3.63) is 29.6 Å². The predicted molar refractivity (Wildman–Crippen MR) is 60.2 cm³/mol. The monoisotopic (exact) mass is 260 g/mol. The SMILES string of the molecule is Cc1cc(F)ccc1OC1CS(=O)(=O)CC1O. The highest BCUT2D eigenvalue weighted by Gasteiger charge is 2.38. The molecule has 0 bridgehead atoms. The molecule has 6 heteroatoms. The summed E-state index contributed by atoms with van der Waals surface area (Å²) in [5.74, 6) is -0.468. The van der Waals surface area contributed by atoms with Crippen LogP contribution in [-0.2, 0) is 9.84 Å². The van der Waals surface area contributed by atoms with Crippen LogP contribution >= 0.6 is 0 Å². The molecule has 1 saturated heterocycles. The van der Waals surface area contributed by atoms with Crippen molar-refractivity contribution >= 4 is 9.84 Å². The van der Waals surface area contributed by atoms with Crippen LogP contribution in [0, 0.1) is 12.7 Å². The molecule has 1 aromatic rings. The van der Waals surface area contributed by atoms with Crippen molar-refractivity contribution in [2.24, 2.45) is 0 Å². The summed E-state index contributed by atoms with van der Waals surface area (Å²) in [4.78, 5) is 0. The van der Waals surface area contributed by atoms with Crippen molar-refractivity contribution in [1.29, 1.82) is 0 Å². The molecular formula is C11H13FO4S. The summed E-state index contributed by atoms with van der Waals surface area (Å²) in [7, 11) is -3.23. The minimum Gasteiger partial charge on any atom is -0.486 e.